The number of ketones is 1. The second-order valence-corrected chi connectivity index (χ2v) is 4.64. The number of Topliss-reactive ketones (excluding diaryl/α,β-unsaturated/α-hetero) is 1. The Kier molecular flexibility index (Phi) is 3.71. The van der Waals surface area contributed by atoms with E-state index in [2.05, 4.69) is 5.32 Å². The van der Waals surface area contributed by atoms with E-state index in [1.807, 2.05) is 0 Å². The van der Waals surface area contributed by atoms with Gasteiger partial charge in [0.2, 0.25) is 0 Å². The summed E-state index contributed by atoms with van der Waals surface area (Å²) in [4.78, 5) is 11.6. The molecule has 0 bridgehead atoms. The molecular weight excluding hydrogens is 243 g/mol. The average Bonchev–Trinajstić information content (AvgIpc) is 2.23. The SMILES string of the molecule is O=C(Cc1ccc(C(F)(F)F)cc1)CC1CNC1. The molecule has 0 unspecified atom stereocenters. The molecule has 0 amide bonds. The zero-order valence-corrected chi connectivity index (χ0v) is 9.76. The summed E-state index contributed by atoms with van der Waals surface area (Å²) < 4.78 is 37.0. The van der Waals surface area contributed by atoms with Gasteiger partial charge in [-0.25, -0.2) is 0 Å². The van der Waals surface area contributed by atoms with Crippen molar-refractivity contribution < 1.29 is 18.0 Å². The van der Waals surface area contributed by atoms with E-state index in [-0.39, 0.29) is 12.2 Å². The fourth-order valence-corrected chi connectivity index (χ4v) is 1.93. The third-order valence-electron chi connectivity index (χ3n) is 3.06. The highest BCUT2D eigenvalue weighted by molar-refractivity contribution is 5.81. The van der Waals surface area contributed by atoms with Crippen LogP contribution >= 0.6 is 0 Å². The summed E-state index contributed by atoms with van der Waals surface area (Å²) in [6, 6.07) is 4.79. The van der Waals surface area contributed by atoms with Gasteiger partial charge in [-0.1, -0.05) is 12.1 Å². The Morgan fingerprint density at radius 3 is 2.28 bits per heavy atom. The summed E-state index contributed by atoms with van der Waals surface area (Å²) in [6.07, 6.45) is -3.59. The number of alkyl halides is 3. The van der Waals surface area contributed by atoms with E-state index in [0.717, 1.165) is 25.2 Å². The largest absolute Gasteiger partial charge is 0.416 e. The molecular formula is C13H14F3NO. The molecule has 0 radical (unpaired) electrons. The van der Waals surface area contributed by atoms with Crippen molar-refractivity contribution in [3.63, 3.8) is 0 Å². The standard InChI is InChI=1S/C13H14F3NO/c14-13(15,16)11-3-1-9(2-4-11)5-12(18)6-10-7-17-8-10/h1-4,10,17H,5-8H2. The number of rotatable bonds is 4. The van der Waals surface area contributed by atoms with Gasteiger partial charge in [-0.3, -0.25) is 4.79 Å². The second kappa shape index (κ2) is 5.10. The van der Waals surface area contributed by atoms with Crippen molar-refractivity contribution in [1.29, 1.82) is 0 Å². The van der Waals surface area contributed by atoms with E-state index in [0.29, 0.717) is 17.9 Å². The molecule has 2 rings (SSSR count). The van der Waals surface area contributed by atoms with Crippen LogP contribution in [0.15, 0.2) is 24.3 Å². The minimum Gasteiger partial charge on any atom is -0.316 e. The van der Waals surface area contributed by atoms with Gasteiger partial charge in [0.05, 0.1) is 5.56 Å². The zero-order valence-electron chi connectivity index (χ0n) is 9.76. The Morgan fingerprint density at radius 2 is 1.83 bits per heavy atom. The number of halogens is 3. The molecule has 0 spiro atoms. The summed E-state index contributed by atoms with van der Waals surface area (Å²) in [5.74, 6) is 0.480. The molecule has 0 aliphatic carbocycles. The Morgan fingerprint density at radius 1 is 1.22 bits per heavy atom. The van der Waals surface area contributed by atoms with Gasteiger partial charge in [0.25, 0.3) is 0 Å². The van der Waals surface area contributed by atoms with Gasteiger partial charge in [-0.05, 0) is 36.7 Å². The molecule has 2 nitrogen and oxygen atoms in total. The van der Waals surface area contributed by atoms with Gasteiger partial charge < -0.3 is 5.32 Å². The highest BCUT2D eigenvalue weighted by atomic mass is 19.4. The van der Waals surface area contributed by atoms with Crippen molar-refractivity contribution in [2.45, 2.75) is 19.0 Å². The normalized spacial score (nSPS) is 16.4. The highest BCUT2D eigenvalue weighted by Crippen LogP contribution is 2.29. The number of hydrogen-bond acceptors (Lipinski definition) is 2. The van der Waals surface area contributed by atoms with Crippen molar-refractivity contribution in [3.05, 3.63) is 35.4 Å². The van der Waals surface area contributed by atoms with Crippen molar-refractivity contribution in [2.24, 2.45) is 5.92 Å². The van der Waals surface area contributed by atoms with E-state index in [1.54, 1.807) is 0 Å². The van der Waals surface area contributed by atoms with Crippen LogP contribution in [0.3, 0.4) is 0 Å². The van der Waals surface area contributed by atoms with Crippen molar-refractivity contribution in [3.8, 4) is 0 Å². The number of nitrogens with one attached hydrogen (secondary N) is 1. The first-order valence-electron chi connectivity index (χ1n) is 5.83. The first-order chi connectivity index (χ1) is 8.45. The maximum absolute atomic E-state index is 12.3. The first kappa shape index (κ1) is 13.1. The number of carbonyl (C=O) groups excluding carboxylic acids is 1. The van der Waals surface area contributed by atoms with Crippen LogP contribution < -0.4 is 5.32 Å². The summed E-state index contributed by atoms with van der Waals surface area (Å²) in [5.41, 5.74) is -0.0397. The lowest BCUT2D eigenvalue weighted by atomic mass is 9.94. The van der Waals surface area contributed by atoms with Gasteiger partial charge in [0.1, 0.15) is 5.78 Å². The zero-order chi connectivity index (χ0) is 13.2. The van der Waals surface area contributed by atoms with Crippen LogP contribution in [0.4, 0.5) is 13.2 Å². The predicted molar refractivity (Wildman–Crippen MR) is 61.1 cm³/mol. The lowest BCUT2D eigenvalue weighted by Gasteiger charge is -2.26. The van der Waals surface area contributed by atoms with Gasteiger partial charge in [0, 0.05) is 12.8 Å². The van der Waals surface area contributed by atoms with E-state index in [4.69, 9.17) is 0 Å². The Balaban J connectivity index is 1.91. The van der Waals surface area contributed by atoms with Crippen LogP contribution in [0.2, 0.25) is 0 Å². The lowest BCUT2D eigenvalue weighted by molar-refractivity contribution is -0.137. The number of hydrogen-bond donors (Lipinski definition) is 1. The molecule has 1 aromatic rings. The molecule has 1 saturated heterocycles. The molecule has 0 aromatic heterocycles. The van der Waals surface area contributed by atoms with Crippen LogP contribution in [-0.4, -0.2) is 18.9 Å². The summed E-state index contributed by atoms with van der Waals surface area (Å²) in [7, 11) is 0. The number of carbonyl (C=O) groups is 1. The van der Waals surface area contributed by atoms with Crippen LogP contribution in [0, 0.1) is 5.92 Å². The fourth-order valence-electron chi connectivity index (χ4n) is 1.93. The summed E-state index contributed by atoms with van der Waals surface area (Å²) >= 11 is 0. The summed E-state index contributed by atoms with van der Waals surface area (Å²) in [5, 5.41) is 3.08. The Bertz CT molecular complexity index is 421. The Labute approximate surface area is 103 Å². The predicted octanol–water partition coefficient (Wildman–Crippen LogP) is 2.43. The molecule has 1 aromatic carbocycles. The van der Waals surface area contributed by atoms with E-state index < -0.39 is 11.7 Å². The second-order valence-electron chi connectivity index (χ2n) is 4.64. The summed E-state index contributed by atoms with van der Waals surface area (Å²) in [6.45, 7) is 1.72. The number of benzene rings is 1. The molecule has 1 fully saturated rings. The smallest absolute Gasteiger partial charge is 0.316 e. The van der Waals surface area contributed by atoms with Crippen LogP contribution in [0.1, 0.15) is 17.5 Å². The quantitative estimate of drug-likeness (QED) is 0.897. The van der Waals surface area contributed by atoms with Gasteiger partial charge >= 0.3 is 6.18 Å². The topological polar surface area (TPSA) is 29.1 Å². The molecule has 1 N–H and O–H groups in total. The third kappa shape index (κ3) is 3.32. The molecule has 1 aliphatic heterocycles. The Hall–Kier alpha value is -1.36. The minimum absolute atomic E-state index is 0.0845. The van der Waals surface area contributed by atoms with Crippen LogP contribution in [-0.2, 0) is 17.4 Å². The van der Waals surface area contributed by atoms with Crippen molar-refractivity contribution in [1.82, 2.24) is 5.32 Å². The molecule has 98 valence electrons. The monoisotopic (exact) mass is 257 g/mol. The lowest BCUT2D eigenvalue weighted by Crippen LogP contribution is -2.43. The average molecular weight is 257 g/mol. The molecule has 5 heteroatoms. The maximum Gasteiger partial charge on any atom is 0.416 e. The highest BCUT2D eigenvalue weighted by Gasteiger charge is 2.30. The van der Waals surface area contributed by atoms with E-state index in [9.17, 15) is 18.0 Å². The maximum atomic E-state index is 12.3. The molecule has 18 heavy (non-hydrogen) atoms. The molecule has 1 aliphatic rings. The van der Waals surface area contributed by atoms with Gasteiger partial charge in [-0.2, -0.15) is 13.2 Å². The van der Waals surface area contributed by atoms with E-state index in [1.165, 1.54) is 12.1 Å². The first-order valence-corrected chi connectivity index (χ1v) is 5.83. The van der Waals surface area contributed by atoms with E-state index >= 15 is 0 Å². The van der Waals surface area contributed by atoms with Crippen molar-refractivity contribution in [2.75, 3.05) is 13.1 Å². The fraction of sp³-hybridized carbons (Fsp3) is 0.462. The van der Waals surface area contributed by atoms with Gasteiger partial charge in [-0.15, -0.1) is 0 Å². The van der Waals surface area contributed by atoms with Crippen LogP contribution in [0.25, 0.3) is 0 Å². The molecule has 0 saturated carbocycles. The van der Waals surface area contributed by atoms with Crippen LogP contribution in [0.5, 0.6) is 0 Å². The van der Waals surface area contributed by atoms with Gasteiger partial charge in [0.15, 0.2) is 0 Å². The molecule has 0 atom stereocenters. The molecule has 1 heterocycles. The minimum atomic E-state index is -4.32. The third-order valence-corrected chi connectivity index (χ3v) is 3.06. The van der Waals surface area contributed by atoms with Crippen molar-refractivity contribution >= 4 is 5.78 Å².